The first-order valence-corrected chi connectivity index (χ1v) is 5.04. The van der Waals surface area contributed by atoms with Crippen molar-refractivity contribution in [2.75, 3.05) is 39.9 Å². The van der Waals surface area contributed by atoms with Crippen LogP contribution in [0, 0.1) is 5.92 Å². The monoisotopic (exact) mass is 201 g/mol. The van der Waals surface area contributed by atoms with E-state index in [0.717, 1.165) is 26.1 Å². The number of ether oxygens (including phenoxy) is 1. The van der Waals surface area contributed by atoms with E-state index >= 15 is 0 Å². The van der Waals surface area contributed by atoms with Crippen molar-refractivity contribution in [3.05, 3.63) is 0 Å². The van der Waals surface area contributed by atoms with Crippen molar-refractivity contribution < 1.29 is 9.53 Å². The van der Waals surface area contributed by atoms with Crippen LogP contribution in [0.25, 0.3) is 0 Å². The van der Waals surface area contributed by atoms with Gasteiger partial charge >= 0.3 is 6.03 Å². The van der Waals surface area contributed by atoms with Gasteiger partial charge in [-0.2, -0.15) is 0 Å². The van der Waals surface area contributed by atoms with Gasteiger partial charge in [0.15, 0.2) is 0 Å². The average Bonchev–Trinajstić information content (AvgIpc) is 2.68. The number of carbonyl (C=O) groups excluding carboxylic acids is 1. The number of nitrogens with one attached hydrogen (secondary N) is 3. The molecule has 3 N–H and O–H groups in total. The number of amides is 2. The lowest BCUT2D eigenvalue weighted by molar-refractivity contribution is 0.195. The summed E-state index contributed by atoms with van der Waals surface area (Å²) in [6.45, 7) is 3.95. The SMILES string of the molecule is COCCNC(=O)NCC1CCNC1. The Morgan fingerprint density at radius 3 is 3.07 bits per heavy atom. The van der Waals surface area contributed by atoms with E-state index < -0.39 is 0 Å². The van der Waals surface area contributed by atoms with Crippen molar-refractivity contribution in [3.8, 4) is 0 Å². The molecule has 5 heteroatoms. The van der Waals surface area contributed by atoms with Crippen molar-refractivity contribution in [2.45, 2.75) is 6.42 Å². The summed E-state index contributed by atoms with van der Waals surface area (Å²) in [5, 5.41) is 8.81. The van der Waals surface area contributed by atoms with E-state index in [2.05, 4.69) is 16.0 Å². The van der Waals surface area contributed by atoms with Crippen LogP contribution in [0.3, 0.4) is 0 Å². The summed E-state index contributed by atoms with van der Waals surface area (Å²) in [6, 6.07) is -0.103. The van der Waals surface area contributed by atoms with Crippen LogP contribution in [0.5, 0.6) is 0 Å². The van der Waals surface area contributed by atoms with E-state index in [4.69, 9.17) is 4.74 Å². The molecule has 0 spiro atoms. The molecule has 82 valence electrons. The minimum Gasteiger partial charge on any atom is -0.383 e. The zero-order valence-electron chi connectivity index (χ0n) is 8.64. The summed E-state index contributed by atoms with van der Waals surface area (Å²) in [5.74, 6) is 0.586. The Morgan fingerprint density at radius 1 is 1.57 bits per heavy atom. The molecule has 14 heavy (non-hydrogen) atoms. The van der Waals surface area contributed by atoms with E-state index in [1.165, 1.54) is 0 Å². The third kappa shape index (κ3) is 4.43. The molecule has 0 aromatic carbocycles. The molecule has 1 saturated heterocycles. The Labute approximate surface area is 84.6 Å². The van der Waals surface area contributed by atoms with Gasteiger partial charge in [0.2, 0.25) is 0 Å². The van der Waals surface area contributed by atoms with Gasteiger partial charge in [0.1, 0.15) is 0 Å². The van der Waals surface area contributed by atoms with Crippen molar-refractivity contribution >= 4 is 6.03 Å². The molecule has 1 aliphatic heterocycles. The van der Waals surface area contributed by atoms with Crippen molar-refractivity contribution in [1.82, 2.24) is 16.0 Å². The number of hydrogen-bond donors (Lipinski definition) is 3. The maximum absolute atomic E-state index is 11.2. The number of carbonyl (C=O) groups is 1. The highest BCUT2D eigenvalue weighted by Gasteiger charge is 2.14. The number of rotatable bonds is 5. The molecule has 1 aliphatic rings. The van der Waals surface area contributed by atoms with Crippen LogP contribution in [-0.4, -0.2) is 45.9 Å². The molecule has 1 heterocycles. The molecule has 5 nitrogen and oxygen atoms in total. The van der Waals surface area contributed by atoms with Gasteiger partial charge < -0.3 is 20.7 Å². The molecular formula is C9H19N3O2. The molecule has 0 bridgehead atoms. The Hall–Kier alpha value is -0.810. The van der Waals surface area contributed by atoms with Crippen LogP contribution in [0.15, 0.2) is 0 Å². The summed E-state index contributed by atoms with van der Waals surface area (Å²) >= 11 is 0. The predicted molar refractivity (Wildman–Crippen MR) is 54.3 cm³/mol. The summed E-state index contributed by atoms with van der Waals surface area (Å²) < 4.78 is 4.82. The van der Waals surface area contributed by atoms with E-state index in [0.29, 0.717) is 19.1 Å². The summed E-state index contributed by atoms with van der Waals surface area (Å²) in [6.07, 6.45) is 1.15. The Balaban J connectivity index is 1.96. The van der Waals surface area contributed by atoms with E-state index in [1.54, 1.807) is 7.11 Å². The molecular weight excluding hydrogens is 182 g/mol. The minimum atomic E-state index is -0.103. The van der Waals surface area contributed by atoms with Gasteiger partial charge in [-0.1, -0.05) is 0 Å². The maximum atomic E-state index is 11.2. The summed E-state index contributed by atoms with van der Waals surface area (Å²) in [5.41, 5.74) is 0. The van der Waals surface area contributed by atoms with E-state index in [-0.39, 0.29) is 6.03 Å². The molecule has 0 aromatic heterocycles. The van der Waals surface area contributed by atoms with Gasteiger partial charge in [-0.05, 0) is 25.4 Å². The topological polar surface area (TPSA) is 62.4 Å². The standard InChI is InChI=1S/C9H19N3O2/c1-14-5-4-11-9(13)12-7-8-2-3-10-6-8/h8,10H,2-7H2,1H3,(H2,11,12,13). The Kier molecular flexibility index (Phi) is 5.32. The fraction of sp³-hybridized carbons (Fsp3) is 0.889. The minimum absolute atomic E-state index is 0.103. The quantitative estimate of drug-likeness (QED) is 0.528. The van der Waals surface area contributed by atoms with Crippen LogP contribution in [0.2, 0.25) is 0 Å². The smallest absolute Gasteiger partial charge is 0.314 e. The number of hydrogen-bond acceptors (Lipinski definition) is 3. The normalized spacial score (nSPS) is 20.8. The Bertz CT molecular complexity index is 169. The molecule has 0 aliphatic carbocycles. The third-order valence-electron chi connectivity index (χ3n) is 2.31. The third-order valence-corrected chi connectivity index (χ3v) is 2.31. The molecule has 0 saturated carbocycles. The van der Waals surface area contributed by atoms with Crippen molar-refractivity contribution in [3.63, 3.8) is 0 Å². The van der Waals surface area contributed by atoms with Crippen molar-refractivity contribution in [2.24, 2.45) is 5.92 Å². The van der Waals surface area contributed by atoms with Gasteiger partial charge in [0.05, 0.1) is 6.61 Å². The maximum Gasteiger partial charge on any atom is 0.314 e. The first-order valence-electron chi connectivity index (χ1n) is 5.04. The van der Waals surface area contributed by atoms with Gasteiger partial charge in [0, 0.05) is 20.2 Å². The second-order valence-electron chi connectivity index (χ2n) is 3.49. The highest BCUT2D eigenvalue weighted by Crippen LogP contribution is 2.04. The van der Waals surface area contributed by atoms with Gasteiger partial charge in [-0.3, -0.25) is 0 Å². The second kappa shape index (κ2) is 6.62. The highest BCUT2D eigenvalue weighted by atomic mass is 16.5. The van der Waals surface area contributed by atoms with Crippen LogP contribution in [0.1, 0.15) is 6.42 Å². The van der Waals surface area contributed by atoms with Crippen LogP contribution >= 0.6 is 0 Å². The largest absolute Gasteiger partial charge is 0.383 e. The summed E-state index contributed by atoms with van der Waals surface area (Å²) in [4.78, 5) is 11.2. The molecule has 1 fully saturated rings. The average molecular weight is 201 g/mol. The fourth-order valence-electron chi connectivity index (χ4n) is 1.45. The Morgan fingerprint density at radius 2 is 2.43 bits per heavy atom. The summed E-state index contributed by atoms with van der Waals surface area (Å²) in [7, 11) is 1.61. The number of urea groups is 1. The molecule has 1 rings (SSSR count). The molecule has 1 atom stereocenters. The van der Waals surface area contributed by atoms with Gasteiger partial charge in [0.25, 0.3) is 0 Å². The highest BCUT2D eigenvalue weighted by molar-refractivity contribution is 5.73. The van der Waals surface area contributed by atoms with Crippen LogP contribution < -0.4 is 16.0 Å². The molecule has 0 radical (unpaired) electrons. The predicted octanol–water partition coefficient (Wildman–Crippen LogP) is -0.458. The molecule has 2 amide bonds. The van der Waals surface area contributed by atoms with Gasteiger partial charge in [-0.25, -0.2) is 4.79 Å². The zero-order valence-corrected chi connectivity index (χ0v) is 8.64. The first-order chi connectivity index (χ1) is 6.83. The zero-order chi connectivity index (χ0) is 10.2. The first kappa shape index (κ1) is 11.3. The fourth-order valence-corrected chi connectivity index (χ4v) is 1.45. The van der Waals surface area contributed by atoms with E-state index in [9.17, 15) is 4.79 Å². The van der Waals surface area contributed by atoms with Crippen LogP contribution in [0.4, 0.5) is 4.79 Å². The van der Waals surface area contributed by atoms with Crippen molar-refractivity contribution in [1.29, 1.82) is 0 Å². The van der Waals surface area contributed by atoms with Crippen LogP contribution in [-0.2, 0) is 4.74 Å². The number of methoxy groups -OCH3 is 1. The molecule has 1 unspecified atom stereocenters. The second-order valence-corrected chi connectivity index (χ2v) is 3.49. The lowest BCUT2D eigenvalue weighted by atomic mass is 10.1. The van der Waals surface area contributed by atoms with E-state index in [1.807, 2.05) is 0 Å². The lowest BCUT2D eigenvalue weighted by Crippen LogP contribution is -2.39. The lowest BCUT2D eigenvalue weighted by Gasteiger charge is -2.10. The molecule has 0 aromatic rings. The van der Waals surface area contributed by atoms with Gasteiger partial charge in [-0.15, -0.1) is 0 Å².